The normalized spacial score (nSPS) is 25.4. The zero-order chi connectivity index (χ0) is 20.3. The highest BCUT2D eigenvalue weighted by Gasteiger charge is 2.49. The third-order valence-electron chi connectivity index (χ3n) is 6.50. The Labute approximate surface area is 173 Å². The van der Waals surface area contributed by atoms with Gasteiger partial charge in [0.2, 0.25) is 5.91 Å². The first-order valence-corrected chi connectivity index (χ1v) is 10.6. The highest BCUT2D eigenvalue weighted by Crippen LogP contribution is 2.39. The van der Waals surface area contributed by atoms with Crippen molar-refractivity contribution in [3.05, 3.63) is 65.7 Å². The van der Waals surface area contributed by atoms with Crippen molar-refractivity contribution in [2.75, 3.05) is 31.5 Å². The smallest absolute Gasteiger partial charge is 0.238 e. The molecule has 0 bridgehead atoms. The lowest BCUT2D eigenvalue weighted by molar-refractivity contribution is -0.120. The molecule has 29 heavy (non-hydrogen) atoms. The maximum absolute atomic E-state index is 12.4. The summed E-state index contributed by atoms with van der Waals surface area (Å²) in [5.74, 6) is -0.0235. The van der Waals surface area contributed by atoms with Gasteiger partial charge in [-0.25, -0.2) is 0 Å². The van der Waals surface area contributed by atoms with Crippen molar-refractivity contribution in [1.82, 2.24) is 9.80 Å². The van der Waals surface area contributed by atoms with E-state index in [-0.39, 0.29) is 11.4 Å². The van der Waals surface area contributed by atoms with Crippen LogP contribution >= 0.6 is 0 Å². The number of benzene rings is 2. The maximum atomic E-state index is 12.4. The first-order chi connectivity index (χ1) is 14.0. The molecule has 2 aliphatic rings. The molecule has 2 N–H and O–H groups in total. The monoisotopic (exact) mass is 393 g/mol. The molecule has 0 unspecified atom stereocenters. The number of piperidine rings is 1. The first kappa shape index (κ1) is 20.1. The number of likely N-dealkylation sites (tertiary alicyclic amines) is 2. The molecule has 1 spiro atoms. The van der Waals surface area contributed by atoms with E-state index in [0.29, 0.717) is 13.1 Å². The van der Waals surface area contributed by atoms with E-state index in [1.165, 1.54) is 11.1 Å². The van der Waals surface area contributed by atoms with Gasteiger partial charge in [0.1, 0.15) is 0 Å². The van der Waals surface area contributed by atoms with Crippen LogP contribution in [0.2, 0.25) is 0 Å². The van der Waals surface area contributed by atoms with E-state index >= 15 is 0 Å². The second-order valence-electron chi connectivity index (χ2n) is 8.53. The van der Waals surface area contributed by atoms with Crippen LogP contribution in [-0.4, -0.2) is 58.6 Å². The maximum Gasteiger partial charge on any atom is 0.238 e. The molecule has 2 aromatic rings. The summed E-state index contributed by atoms with van der Waals surface area (Å²) in [6.07, 6.45) is 2.62. The number of aliphatic hydroxyl groups is 1. The predicted molar refractivity (Wildman–Crippen MR) is 116 cm³/mol. The van der Waals surface area contributed by atoms with Crippen molar-refractivity contribution in [3.8, 4) is 0 Å². The Morgan fingerprint density at radius 1 is 1.10 bits per heavy atom. The molecule has 2 aromatic carbocycles. The number of anilines is 1. The summed E-state index contributed by atoms with van der Waals surface area (Å²) in [5.41, 5.74) is 3.13. The predicted octanol–water partition coefficient (Wildman–Crippen LogP) is 3.03. The summed E-state index contributed by atoms with van der Waals surface area (Å²) >= 11 is 0. The molecule has 154 valence electrons. The number of rotatable bonds is 5. The molecule has 2 atom stereocenters. The molecule has 2 heterocycles. The molecule has 5 nitrogen and oxygen atoms in total. The van der Waals surface area contributed by atoms with Gasteiger partial charge < -0.3 is 10.4 Å². The Hall–Kier alpha value is -2.21. The number of aliphatic hydroxyl groups excluding tert-OH is 1. The zero-order valence-corrected chi connectivity index (χ0v) is 17.2. The third-order valence-corrected chi connectivity index (χ3v) is 6.50. The van der Waals surface area contributed by atoms with Gasteiger partial charge in [-0.05, 0) is 50.4 Å². The summed E-state index contributed by atoms with van der Waals surface area (Å²) in [4.78, 5) is 17.0. The Morgan fingerprint density at radius 3 is 2.59 bits per heavy atom. The molecular weight excluding hydrogens is 362 g/mol. The van der Waals surface area contributed by atoms with Crippen LogP contribution in [0.5, 0.6) is 0 Å². The Bertz CT molecular complexity index is 824. The highest BCUT2D eigenvalue weighted by molar-refractivity contribution is 5.92. The van der Waals surface area contributed by atoms with Crippen LogP contribution in [0, 0.1) is 6.92 Å². The summed E-state index contributed by atoms with van der Waals surface area (Å²) in [5, 5.41) is 14.1. The minimum atomic E-state index is -0.436. The second kappa shape index (κ2) is 8.66. The van der Waals surface area contributed by atoms with Crippen LogP contribution in [0.4, 0.5) is 5.69 Å². The van der Waals surface area contributed by atoms with Crippen LogP contribution in [0.15, 0.2) is 54.6 Å². The number of β-amino-alcohol motifs (C(OH)–C–C–N with tert-alkyl or cyclic N) is 1. The standard InChI is InChI=1S/C24H31N3O2/c1-19-8-10-21(11-9-19)25-23(29)18-26-15-13-24(22(28)17-26)12-5-14-27(24)16-20-6-3-2-4-7-20/h2-4,6-11,22,28H,5,12-18H2,1H3,(H,25,29)/t22-,24-/m0/s1. The molecular formula is C24H31N3O2. The van der Waals surface area contributed by atoms with E-state index < -0.39 is 6.10 Å². The second-order valence-corrected chi connectivity index (χ2v) is 8.53. The number of hydrogen-bond donors (Lipinski definition) is 2. The van der Waals surface area contributed by atoms with Crippen LogP contribution in [0.3, 0.4) is 0 Å². The molecule has 0 saturated carbocycles. The third kappa shape index (κ3) is 4.53. The molecule has 2 aliphatic heterocycles. The Balaban J connectivity index is 1.34. The lowest BCUT2D eigenvalue weighted by atomic mass is 9.82. The highest BCUT2D eigenvalue weighted by atomic mass is 16.3. The van der Waals surface area contributed by atoms with Gasteiger partial charge in [-0.15, -0.1) is 0 Å². The fourth-order valence-electron chi connectivity index (χ4n) is 4.87. The van der Waals surface area contributed by atoms with E-state index in [1.807, 2.05) is 37.3 Å². The topological polar surface area (TPSA) is 55.8 Å². The van der Waals surface area contributed by atoms with Crippen molar-refractivity contribution >= 4 is 11.6 Å². The lowest BCUT2D eigenvalue weighted by Gasteiger charge is -2.48. The fourth-order valence-corrected chi connectivity index (χ4v) is 4.87. The number of carbonyl (C=O) groups is 1. The molecule has 0 aliphatic carbocycles. The molecule has 0 aromatic heterocycles. The van der Waals surface area contributed by atoms with Gasteiger partial charge in [0.25, 0.3) is 0 Å². The Kier molecular flexibility index (Phi) is 5.99. The number of amides is 1. The largest absolute Gasteiger partial charge is 0.390 e. The molecule has 4 rings (SSSR count). The summed E-state index contributed by atoms with van der Waals surface area (Å²) in [6.45, 7) is 5.64. The molecule has 2 saturated heterocycles. The average molecular weight is 394 g/mol. The minimum Gasteiger partial charge on any atom is -0.390 e. The van der Waals surface area contributed by atoms with Crippen molar-refractivity contribution in [2.24, 2.45) is 0 Å². The van der Waals surface area contributed by atoms with Gasteiger partial charge in [0, 0.05) is 30.9 Å². The summed E-state index contributed by atoms with van der Waals surface area (Å²) in [6, 6.07) is 18.3. The number of carbonyl (C=O) groups excluding carboxylic acids is 1. The van der Waals surface area contributed by atoms with Gasteiger partial charge in [-0.2, -0.15) is 0 Å². The van der Waals surface area contributed by atoms with E-state index in [4.69, 9.17) is 0 Å². The molecule has 1 amide bonds. The number of hydrogen-bond acceptors (Lipinski definition) is 4. The van der Waals surface area contributed by atoms with Crippen LogP contribution in [0.25, 0.3) is 0 Å². The van der Waals surface area contributed by atoms with E-state index in [1.54, 1.807) is 0 Å². The number of nitrogens with zero attached hydrogens (tertiary/aromatic N) is 2. The molecule has 2 fully saturated rings. The van der Waals surface area contributed by atoms with E-state index in [9.17, 15) is 9.90 Å². The lowest BCUT2D eigenvalue weighted by Crippen LogP contribution is -2.61. The van der Waals surface area contributed by atoms with Crippen LogP contribution in [0.1, 0.15) is 30.4 Å². The minimum absolute atomic E-state index is 0.0235. The van der Waals surface area contributed by atoms with Crippen LogP contribution < -0.4 is 5.32 Å². The average Bonchev–Trinajstić information content (AvgIpc) is 3.11. The van der Waals surface area contributed by atoms with Gasteiger partial charge in [-0.3, -0.25) is 14.6 Å². The quantitative estimate of drug-likeness (QED) is 0.820. The van der Waals surface area contributed by atoms with Gasteiger partial charge >= 0.3 is 0 Å². The SMILES string of the molecule is Cc1ccc(NC(=O)CN2CC[C@@]3(CCCN3Cc3ccccc3)[C@@H](O)C2)cc1. The first-order valence-electron chi connectivity index (χ1n) is 10.6. The van der Waals surface area contributed by atoms with Crippen molar-refractivity contribution in [1.29, 1.82) is 0 Å². The van der Waals surface area contributed by atoms with Crippen molar-refractivity contribution < 1.29 is 9.90 Å². The molecule has 5 heteroatoms. The van der Waals surface area contributed by atoms with Gasteiger partial charge in [-0.1, -0.05) is 48.0 Å². The summed E-state index contributed by atoms with van der Waals surface area (Å²) < 4.78 is 0. The number of nitrogens with one attached hydrogen (secondary N) is 1. The van der Waals surface area contributed by atoms with E-state index in [0.717, 1.165) is 44.6 Å². The summed E-state index contributed by atoms with van der Waals surface area (Å²) in [7, 11) is 0. The Morgan fingerprint density at radius 2 is 1.86 bits per heavy atom. The van der Waals surface area contributed by atoms with Crippen molar-refractivity contribution in [3.63, 3.8) is 0 Å². The zero-order valence-electron chi connectivity index (χ0n) is 17.2. The van der Waals surface area contributed by atoms with Crippen LogP contribution in [-0.2, 0) is 11.3 Å². The van der Waals surface area contributed by atoms with Gasteiger partial charge in [0.05, 0.1) is 12.6 Å². The van der Waals surface area contributed by atoms with E-state index in [2.05, 4.69) is 39.4 Å². The van der Waals surface area contributed by atoms with Crippen molar-refractivity contribution in [2.45, 2.75) is 44.4 Å². The number of aryl methyl sites for hydroxylation is 1. The molecule has 0 radical (unpaired) electrons. The fraction of sp³-hybridized carbons (Fsp3) is 0.458. The van der Waals surface area contributed by atoms with Gasteiger partial charge in [0.15, 0.2) is 0 Å².